The third kappa shape index (κ3) is 2.81. The molecule has 0 aromatic heterocycles. The van der Waals surface area contributed by atoms with Crippen LogP contribution in [0.3, 0.4) is 0 Å². The van der Waals surface area contributed by atoms with Gasteiger partial charge in [-0.05, 0) is 12.8 Å². The van der Waals surface area contributed by atoms with Gasteiger partial charge in [0.15, 0.2) is 0 Å². The van der Waals surface area contributed by atoms with E-state index in [1.807, 2.05) is 6.92 Å². The fraction of sp³-hybridized carbons (Fsp3) is 0.833. The van der Waals surface area contributed by atoms with E-state index in [-0.39, 0.29) is 17.5 Å². The van der Waals surface area contributed by atoms with Gasteiger partial charge < -0.3 is 14.7 Å². The van der Waals surface area contributed by atoms with E-state index in [9.17, 15) is 14.7 Å². The number of amides is 2. The lowest BCUT2D eigenvalue weighted by atomic mass is 10.2. The first-order valence-corrected chi connectivity index (χ1v) is 7.57. The fourth-order valence-electron chi connectivity index (χ4n) is 2.58. The van der Waals surface area contributed by atoms with E-state index in [1.165, 1.54) is 4.90 Å². The first kappa shape index (κ1) is 14.5. The Labute approximate surface area is 117 Å². The minimum Gasteiger partial charge on any atom is -0.480 e. The van der Waals surface area contributed by atoms with Crippen LogP contribution >= 0.6 is 11.8 Å². The summed E-state index contributed by atoms with van der Waals surface area (Å²) in [6.07, 6.45) is 1.65. The molecular weight excluding hydrogens is 268 g/mol. The summed E-state index contributed by atoms with van der Waals surface area (Å²) in [5.74, 6) is -0.444. The first-order valence-electron chi connectivity index (χ1n) is 6.53. The summed E-state index contributed by atoms with van der Waals surface area (Å²) in [6, 6.07) is -0.868. The van der Waals surface area contributed by atoms with Gasteiger partial charge in [0.05, 0.1) is 11.5 Å². The Morgan fingerprint density at radius 1 is 1.47 bits per heavy atom. The molecule has 108 valence electrons. The number of thioether (sulfide) groups is 1. The van der Waals surface area contributed by atoms with Crippen molar-refractivity contribution in [2.45, 2.75) is 37.3 Å². The number of carbonyl (C=O) groups is 2. The van der Waals surface area contributed by atoms with E-state index in [4.69, 9.17) is 4.74 Å². The van der Waals surface area contributed by atoms with Crippen molar-refractivity contribution in [3.05, 3.63) is 0 Å². The number of likely N-dealkylation sites (tertiary alicyclic amines) is 1. The maximum atomic E-state index is 12.5. The molecule has 2 aliphatic heterocycles. The van der Waals surface area contributed by atoms with Gasteiger partial charge in [0.25, 0.3) is 0 Å². The van der Waals surface area contributed by atoms with Gasteiger partial charge in [-0.25, -0.2) is 9.59 Å². The zero-order valence-corrected chi connectivity index (χ0v) is 12.1. The van der Waals surface area contributed by atoms with Crippen LogP contribution in [0.2, 0.25) is 0 Å². The number of carbonyl (C=O) groups excluding carboxylic acids is 1. The van der Waals surface area contributed by atoms with Crippen molar-refractivity contribution in [3.8, 4) is 0 Å². The zero-order valence-electron chi connectivity index (χ0n) is 11.2. The van der Waals surface area contributed by atoms with Gasteiger partial charge in [-0.2, -0.15) is 0 Å². The standard InChI is InChI=1S/C12H20N2O4S/c1-3-10-14(9(7-19-10)11(15)16)12(17)13-5-4-8(6-13)18-2/h8-10H,3-7H2,1-2H3,(H,15,16). The Kier molecular flexibility index (Phi) is 4.57. The van der Waals surface area contributed by atoms with Crippen LogP contribution in [0.25, 0.3) is 0 Å². The predicted octanol–water partition coefficient (Wildman–Crippen LogP) is 1.07. The molecule has 0 aliphatic carbocycles. The van der Waals surface area contributed by atoms with Crippen molar-refractivity contribution in [3.63, 3.8) is 0 Å². The number of aliphatic carboxylic acids is 1. The van der Waals surface area contributed by atoms with Gasteiger partial charge in [-0.1, -0.05) is 6.92 Å². The van der Waals surface area contributed by atoms with Crippen molar-refractivity contribution >= 4 is 23.8 Å². The smallest absolute Gasteiger partial charge is 0.327 e. The number of ether oxygens (including phenoxy) is 1. The van der Waals surface area contributed by atoms with Crippen LogP contribution in [0.5, 0.6) is 0 Å². The second kappa shape index (κ2) is 6.00. The van der Waals surface area contributed by atoms with Crippen molar-refractivity contribution in [1.29, 1.82) is 0 Å². The third-order valence-corrected chi connectivity index (χ3v) is 5.15. The molecule has 2 saturated heterocycles. The molecule has 2 fully saturated rings. The number of methoxy groups -OCH3 is 1. The van der Waals surface area contributed by atoms with Gasteiger partial charge in [0.1, 0.15) is 6.04 Å². The quantitative estimate of drug-likeness (QED) is 0.841. The SMILES string of the molecule is CCC1SCC(C(=O)O)N1C(=O)N1CCC(OC)C1. The number of carboxylic acid groups (broad SMARTS) is 1. The summed E-state index contributed by atoms with van der Waals surface area (Å²) >= 11 is 1.55. The Bertz CT molecular complexity index is 366. The van der Waals surface area contributed by atoms with E-state index in [2.05, 4.69) is 0 Å². The Morgan fingerprint density at radius 2 is 2.21 bits per heavy atom. The molecule has 3 atom stereocenters. The average Bonchev–Trinajstić information content (AvgIpc) is 3.03. The van der Waals surface area contributed by atoms with E-state index in [1.54, 1.807) is 23.8 Å². The Morgan fingerprint density at radius 3 is 2.74 bits per heavy atom. The number of hydrogen-bond acceptors (Lipinski definition) is 4. The highest BCUT2D eigenvalue weighted by molar-refractivity contribution is 8.00. The number of rotatable bonds is 3. The molecule has 2 amide bonds. The molecule has 2 rings (SSSR count). The van der Waals surface area contributed by atoms with Crippen LogP contribution < -0.4 is 0 Å². The second-order valence-corrected chi connectivity index (χ2v) is 6.04. The molecular formula is C12H20N2O4S. The van der Waals surface area contributed by atoms with Crippen LogP contribution in [0, 0.1) is 0 Å². The molecule has 0 spiro atoms. The molecule has 7 heteroatoms. The lowest BCUT2D eigenvalue weighted by Crippen LogP contribution is -2.51. The third-order valence-electron chi connectivity index (χ3n) is 3.70. The molecule has 0 radical (unpaired) electrons. The van der Waals surface area contributed by atoms with E-state index >= 15 is 0 Å². The number of urea groups is 1. The molecule has 0 aromatic rings. The normalized spacial score (nSPS) is 30.9. The summed E-state index contributed by atoms with van der Waals surface area (Å²) in [5, 5.41) is 9.20. The molecule has 0 bridgehead atoms. The molecule has 2 aliphatic rings. The van der Waals surface area contributed by atoms with Gasteiger partial charge in [0, 0.05) is 26.0 Å². The lowest BCUT2D eigenvalue weighted by Gasteiger charge is -2.31. The number of nitrogens with zero attached hydrogens (tertiary/aromatic N) is 2. The van der Waals surface area contributed by atoms with Crippen LogP contribution in [0.4, 0.5) is 4.79 Å². The number of hydrogen-bond donors (Lipinski definition) is 1. The van der Waals surface area contributed by atoms with Crippen LogP contribution in [0.15, 0.2) is 0 Å². The molecule has 3 unspecified atom stereocenters. The van der Waals surface area contributed by atoms with E-state index < -0.39 is 12.0 Å². The molecule has 19 heavy (non-hydrogen) atoms. The highest BCUT2D eigenvalue weighted by Crippen LogP contribution is 2.33. The largest absolute Gasteiger partial charge is 0.480 e. The molecule has 1 N–H and O–H groups in total. The first-order chi connectivity index (χ1) is 9.08. The Balaban J connectivity index is 2.08. The average molecular weight is 288 g/mol. The van der Waals surface area contributed by atoms with Gasteiger partial charge in [-0.3, -0.25) is 4.90 Å². The van der Waals surface area contributed by atoms with Gasteiger partial charge >= 0.3 is 12.0 Å². The number of carboxylic acids is 1. The monoisotopic (exact) mass is 288 g/mol. The summed E-state index contributed by atoms with van der Waals surface area (Å²) in [6.45, 7) is 3.17. The van der Waals surface area contributed by atoms with Gasteiger partial charge in [-0.15, -0.1) is 11.8 Å². The molecule has 0 saturated carbocycles. The predicted molar refractivity (Wildman–Crippen MR) is 72.2 cm³/mol. The minimum atomic E-state index is -0.917. The molecule has 6 nitrogen and oxygen atoms in total. The van der Waals surface area contributed by atoms with Crippen LogP contribution in [-0.4, -0.2) is 70.4 Å². The maximum absolute atomic E-state index is 12.5. The minimum absolute atomic E-state index is 0.0322. The summed E-state index contributed by atoms with van der Waals surface area (Å²) in [4.78, 5) is 27.0. The van der Waals surface area contributed by atoms with Gasteiger partial charge in [0.2, 0.25) is 0 Å². The summed E-state index contributed by atoms with van der Waals surface area (Å²) < 4.78 is 5.25. The van der Waals surface area contributed by atoms with Crippen molar-refractivity contribution in [2.24, 2.45) is 0 Å². The Hall–Kier alpha value is -0.950. The highest BCUT2D eigenvalue weighted by Gasteiger charge is 2.43. The zero-order chi connectivity index (χ0) is 14.0. The van der Waals surface area contributed by atoms with Crippen LogP contribution in [0.1, 0.15) is 19.8 Å². The highest BCUT2D eigenvalue weighted by atomic mass is 32.2. The fourth-order valence-corrected chi connectivity index (χ4v) is 3.92. The lowest BCUT2D eigenvalue weighted by molar-refractivity contribution is -0.141. The van der Waals surface area contributed by atoms with Crippen LogP contribution in [-0.2, 0) is 9.53 Å². The maximum Gasteiger partial charge on any atom is 0.327 e. The second-order valence-electron chi connectivity index (χ2n) is 4.83. The van der Waals surface area contributed by atoms with Crippen molar-refractivity contribution < 1.29 is 19.4 Å². The topological polar surface area (TPSA) is 70.1 Å². The summed E-state index contributed by atoms with van der Waals surface area (Å²) in [5.41, 5.74) is 0. The molecule has 0 aromatic carbocycles. The summed E-state index contributed by atoms with van der Waals surface area (Å²) in [7, 11) is 1.64. The van der Waals surface area contributed by atoms with E-state index in [0.717, 1.165) is 12.8 Å². The van der Waals surface area contributed by atoms with Crippen molar-refractivity contribution in [2.75, 3.05) is 26.0 Å². The van der Waals surface area contributed by atoms with Crippen molar-refractivity contribution in [1.82, 2.24) is 9.80 Å². The molecule has 2 heterocycles. The van der Waals surface area contributed by atoms with E-state index in [0.29, 0.717) is 18.8 Å².